The Morgan fingerprint density at radius 1 is 1.10 bits per heavy atom. The average Bonchev–Trinajstić information content (AvgIpc) is 2.75. The minimum absolute atomic E-state index is 0.147. The molecule has 0 radical (unpaired) electrons. The summed E-state index contributed by atoms with van der Waals surface area (Å²) in [4.78, 5) is 12.4. The highest BCUT2D eigenvalue weighted by Crippen LogP contribution is 2.37. The fourth-order valence-corrected chi connectivity index (χ4v) is 4.32. The van der Waals surface area contributed by atoms with Crippen LogP contribution in [0.1, 0.15) is 31.9 Å². The SMILES string of the molecule is COc1ccc(S(=O)CCCOc2ccc3c(c2)C(C(C)C)OC(=O)N3)cc1OC. The van der Waals surface area contributed by atoms with E-state index < -0.39 is 16.9 Å². The third kappa shape index (κ3) is 5.05. The molecule has 0 aromatic heterocycles. The molecule has 2 atom stereocenters. The molecule has 0 fully saturated rings. The summed E-state index contributed by atoms with van der Waals surface area (Å²) in [5, 5.41) is 2.71. The lowest BCUT2D eigenvalue weighted by Crippen LogP contribution is -2.27. The van der Waals surface area contributed by atoms with E-state index in [0.717, 1.165) is 11.3 Å². The zero-order valence-corrected chi connectivity index (χ0v) is 18.4. The van der Waals surface area contributed by atoms with Gasteiger partial charge in [-0.05, 0) is 42.7 Å². The van der Waals surface area contributed by atoms with Crippen molar-refractivity contribution in [3.05, 3.63) is 42.0 Å². The Bertz CT molecular complexity index is 930. The van der Waals surface area contributed by atoms with E-state index in [4.69, 9.17) is 18.9 Å². The summed E-state index contributed by atoms with van der Waals surface area (Å²) in [6, 6.07) is 10.8. The number of ether oxygens (including phenoxy) is 4. The van der Waals surface area contributed by atoms with Gasteiger partial charge in [0.1, 0.15) is 11.9 Å². The van der Waals surface area contributed by atoms with Gasteiger partial charge in [-0.3, -0.25) is 9.53 Å². The molecule has 2 unspecified atom stereocenters. The summed E-state index contributed by atoms with van der Waals surface area (Å²) in [6.45, 7) is 4.44. The quantitative estimate of drug-likeness (QED) is 0.585. The van der Waals surface area contributed by atoms with Crippen LogP contribution in [0.4, 0.5) is 10.5 Å². The number of rotatable bonds is 9. The minimum atomic E-state index is -1.16. The van der Waals surface area contributed by atoms with Gasteiger partial charge in [0.15, 0.2) is 11.5 Å². The second-order valence-corrected chi connectivity index (χ2v) is 8.78. The molecule has 1 aliphatic rings. The summed E-state index contributed by atoms with van der Waals surface area (Å²) < 4.78 is 34.3. The predicted octanol–water partition coefficient (Wildman–Crippen LogP) is 4.54. The molecule has 0 saturated carbocycles. The summed E-state index contributed by atoms with van der Waals surface area (Å²) >= 11 is 0. The van der Waals surface area contributed by atoms with Gasteiger partial charge in [-0.15, -0.1) is 0 Å². The number of nitrogens with one attached hydrogen (secondary N) is 1. The second kappa shape index (κ2) is 9.84. The van der Waals surface area contributed by atoms with E-state index in [0.29, 0.717) is 40.9 Å². The Kier molecular flexibility index (Phi) is 7.20. The minimum Gasteiger partial charge on any atom is -0.494 e. The van der Waals surface area contributed by atoms with E-state index in [1.165, 1.54) is 0 Å². The molecule has 30 heavy (non-hydrogen) atoms. The second-order valence-electron chi connectivity index (χ2n) is 7.21. The van der Waals surface area contributed by atoms with Gasteiger partial charge in [0.05, 0.1) is 37.3 Å². The monoisotopic (exact) mass is 433 g/mol. The number of amides is 1. The zero-order chi connectivity index (χ0) is 21.7. The summed E-state index contributed by atoms with van der Waals surface area (Å²) in [6.07, 6.45) is -0.124. The van der Waals surface area contributed by atoms with E-state index >= 15 is 0 Å². The molecule has 1 N–H and O–H groups in total. The van der Waals surface area contributed by atoms with Crippen LogP contribution in [-0.2, 0) is 15.5 Å². The first-order valence-electron chi connectivity index (χ1n) is 9.77. The third-order valence-corrected chi connectivity index (χ3v) is 6.21. The molecule has 0 aliphatic carbocycles. The van der Waals surface area contributed by atoms with E-state index in [2.05, 4.69) is 5.32 Å². The number of benzene rings is 2. The number of hydrogen-bond donors (Lipinski definition) is 1. The Balaban J connectivity index is 1.56. The van der Waals surface area contributed by atoms with Crippen LogP contribution in [0.3, 0.4) is 0 Å². The number of hydrogen-bond acceptors (Lipinski definition) is 6. The first-order chi connectivity index (χ1) is 14.4. The number of methoxy groups -OCH3 is 2. The molecule has 2 aromatic carbocycles. The highest BCUT2D eigenvalue weighted by atomic mass is 32.2. The molecule has 0 saturated heterocycles. The molecule has 1 amide bonds. The van der Waals surface area contributed by atoms with Crippen LogP contribution in [0.5, 0.6) is 17.2 Å². The Morgan fingerprint density at radius 2 is 1.87 bits per heavy atom. The van der Waals surface area contributed by atoms with E-state index in [1.807, 2.05) is 32.0 Å². The molecule has 8 heteroatoms. The molecule has 3 rings (SSSR count). The average molecular weight is 434 g/mol. The molecular formula is C22H27NO6S. The van der Waals surface area contributed by atoms with Crippen LogP contribution in [0.25, 0.3) is 0 Å². The Morgan fingerprint density at radius 3 is 2.57 bits per heavy atom. The van der Waals surface area contributed by atoms with Crippen molar-refractivity contribution in [1.82, 2.24) is 0 Å². The summed E-state index contributed by atoms with van der Waals surface area (Å²) in [7, 11) is 1.95. The maximum absolute atomic E-state index is 12.6. The Labute approximate surface area is 179 Å². The van der Waals surface area contributed by atoms with Crippen LogP contribution >= 0.6 is 0 Å². The molecular weight excluding hydrogens is 406 g/mol. The molecule has 0 spiro atoms. The Hall–Kier alpha value is -2.74. The summed E-state index contributed by atoms with van der Waals surface area (Å²) in [5.74, 6) is 2.47. The van der Waals surface area contributed by atoms with Crippen LogP contribution in [0, 0.1) is 5.92 Å². The smallest absolute Gasteiger partial charge is 0.412 e. The summed E-state index contributed by atoms with van der Waals surface area (Å²) in [5.41, 5.74) is 1.64. The van der Waals surface area contributed by atoms with Crippen molar-refractivity contribution in [3.8, 4) is 17.2 Å². The standard InChI is InChI=1S/C22H27NO6S/c1-14(2)21-17-12-15(6-8-18(17)23-22(24)29-21)28-10-5-11-30(25)16-7-9-19(26-3)20(13-16)27-4/h6-9,12-14,21H,5,10-11H2,1-4H3,(H,23,24). The fraction of sp³-hybridized carbons (Fsp3) is 0.409. The number of fused-ring (bicyclic) bond motifs is 1. The van der Waals surface area contributed by atoms with Crippen LogP contribution in [0.15, 0.2) is 41.3 Å². The highest BCUT2D eigenvalue weighted by Gasteiger charge is 2.29. The van der Waals surface area contributed by atoms with E-state index in [1.54, 1.807) is 32.4 Å². The third-order valence-electron chi connectivity index (χ3n) is 4.77. The van der Waals surface area contributed by atoms with Crippen molar-refractivity contribution < 1.29 is 28.0 Å². The van der Waals surface area contributed by atoms with Gasteiger partial charge >= 0.3 is 6.09 Å². The van der Waals surface area contributed by atoms with Crippen LogP contribution in [0.2, 0.25) is 0 Å². The van der Waals surface area contributed by atoms with Gasteiger partial charge in [0.25, 0.3) is 0 Å². The first kappa shape index (κ1) is 22.0. The van der Waals surface area contributed by atoms with E-state index in [9.17, 15) is 9.00 Å². The van der Waals surface area contributed by atoms with Crippen molar-refractivity contribution in [2.24, 2.45) is 5.92 Å². The lowest BCUT2D eigenvalue weighted by molar-refractivity contribution is 0.0774. The number of carbonyl (C=O) groups is 1. The van der Waals surface area contributed by atoms with Gasteiger partial charge in [0, 0.05) is 22.3 Å². The van der Waals surface area contributed by atoms with Gasteiger partial charge in [-0.1, -0.05) is 13.8 Å². The van der Waals surface area contributed by atoms with Crippen molar-refractivity contribution in [3.63, 3.8) is 0 Å². The highest BCUT2D eigenvalue weighted by molar-refractivity contribution is 7.85. The molecule has 1 heterocycles. The molecule has 7 nitrogen and oxygen atoms in total. The van der Waals surface area contributed by atoms with Gasteiger partial charge in [-0.2, -0.15) is 0 Å². The van der Waals surface area contributed by atoms with Gasteiger partial charge in [0.2, 0.25) is 0 Å². The predicted molar refractivity (Wildman–Crippen MR) is 115 cm³/mol. The molecule has 162 valence electrons. The maximum Gasteiger partial charge on any atom is 0.412 e. The van der Waals surface area contributed by atoms with E-state index in [-0.39, 0.29) is 12.0 Å². The molecule has 0 bridgehead atoms. The first-order valence-corrected chi connectivity index (χ1v) is 11.1. The topological polar surface area (TPSA) is 83.1 Å². The molecule has 2 aromatic rings. The van der Waals surface area contributed by atoms with Crippen molar-refractivity contribution >= 4 is 22.6 Å². The van der Waals surface area contributed by atoms with Gasteiger partial charge < -0.3 is 18.9 Å². The zero-order valence-electron chi connectivity index (χ0n) is 17.6. The van der Waals surface area contributed by atoms with Crippen LogP contribution in [-0.4, -0.2) is 36.9 Å². The van der Waals surface area contributed by atoms with Crippen molar-refractivity contribution in [2.45, 2.75) is 31.3 Å². The largest absolute Gasteiger partial charge is 0.494 e. The molecule has 1 aliphatic heterocycles. The van der Waals surface area contributed by atoms with Crippen molar-refractivity contribution in [2.75, 3.05) is 31.9 Å². The lowest BCUT2D eigenvalue weighted by atomic mass is 9.96. The maximum atomic E-state index is 12.6. The lowest BCUT2D eigenvalue weighted by Gasteiger charge is -2.29. The number of carbonyl (C=O) groups excluding carboxylic acids is 1. The number of cyclic esters (lactones) is 1. The van der Waals surface area contributed by atoms with Crippen molar-refractivity contribution in [1.29, 1.82) is 0 Å². The number of anilines is 1. The fourth-order valence-electron chi connectivity index (χ4n) is 3.25. The van der Waals surface area contributed by atoms with Crippen LogP contribution < -0.4 is 19.5 Å². The van der Waals surface area contributed by atoms with Gasteiger partial charge in [-0.25, -0.2) is 4.79 Å². The normalized spacial score (nSPS) is 16.3.